The number of thioether (sulfide) groups is 1. The van der Waals surface area contributed by atoms with Crippen LogP contribution in [-0.2, 0) is 16.4 Å². The number of hydrogen-bond donors (Lipinski definition) is 2. The van der Waals surface area contributed by atoms with Gasteiger partial charge in [0.25, 0.3) is 0 Å². The number of anilines is 1. The number of benzene rings is 1. The van der Waals surface area contributed by atoms with Gasteiger partial charge in [-0.25, -0.2) is 8.42 Å². The van der Waals surface area contributed by atoms with Crippen LogP contribution in [0.2, 0.25) is 0 Å². The van der Waals surface area contributed by atoms with Crippen molar-refractivity contribution in [2.45, 2.75) is 18.2 Å². The van der Waals surface area contributed by atoms with E-state index in [0.717, 1.165) is 16.0 Å². The van der Waals surface area contributed by atoms with E-state index in [9.17, 15) is 8.42 Å². The summed E-state index contributed by atoms with van der Waals surface area (Å²) < 4.78 is 26.6. The first-order valence-electron chi connectivity index (χ1n) is 6.13. The number of sulfonamides is 1. The van der Waals surface area contributed by atoms with Gasteiger partial charge in [0.15, 0.2) is 0 Å². The van der Waals surface area contributed by atoms with Crippen molar-refractivity contribution >= 4 is 27.6 Å². The Hall–Kier alpha value is -1.47. The van der Waals surface area contributed by atoms with Gasteiger partial charge in [-0.05, 0) is 25.2 Å². The van der Waals surface area contributed by atoms with E-state index < -0.39 is 10.0 Å². The molecule has 0 bridgehead atoms. The van der Waals surface area contributed by atoms with Crippen molar-refractivity contribution in [1.82, 2.24) is 10.2 Å². The molecule has 0 fully saturated rings. The molecule has 0 radical (unpaired) electrons. The molecule has 2 N–H and O–H groups in total. The van der Waals surface area contributed by atoms with Gasteiger partial charge in [0.1, 0.15) is 5.82 Å². The summed E-state index contributed by atoms with van der Waals surface area (Å²) >= 11 is 1.44. The molecule has 0 saturated heterocycles. The summed E-state index contributed by atoms with van der Waals surface area (Å²) in [5, 5.41) is 6.49. The Bertz CT molecular complexity index is 663. The lowest BCUT2D eigenvalue weighted by Gasteiger charge is -2.07. The molecule has 0 atom stereocenters. The summed E-state index contributed by atoms with van der Waals surface area (Å²) in [5.74, 6) is 0.476. The molecule has 108 valence electrons. The zero-order valence-corrected chi connectivity index (χ0v) is 13.0. The smallest absolute Gasteiger partial charge is 0.234 e. The van der Waals surface area contributed by atoms with Gasteiger partial charge in [-0.2, -0.15) is 5.10 Å². The average Bonchev–Trinajstić information content (AvgIpc) is 2.84. The summed E-state index contributed by atoms with van der Waals surface area (Å²) in [6.07, 6.45) is 3.95. The van der Waals surface area contributed by atoms with Crippen LogP contribution in [0.25, 0.3) is 0 Å². The molecule has 7 heteroatoms. The number of rotatable bonds is 6. The molecular weight excluding hydrogens is 294 g/mol. The molecule has 0 amide bonds. The predicted octanol–water partition coefficient (Wildman–Crippen LogP) is 2.42. The van der Waals surface area contributed by atoms with Crippen LogP contribution in [0.15, 0.2) is 35.4 Å². The molecule has 0 aliphatic heterocycles. The molecular formula is C13H17N3O2S2. The van der Waals surface area contributed by atoms with Gasteiger partial charge in [-0.3, -0.25) is 9.82 Å². The zero-order chi connectivity index (χ0) is 14.6. The minimum absolute atomic E-state index is 0.0445. The van der Waals surface area contributed by atoms with Crippen molar-refractivity contribution in [3.8, 4) is 0 Å². The van der Waals surface area contributed by atoms with E-state index in [4.69, 9.17) is 0 Å². The molecule has 0 aliphatic rings. The van der Waals surface area contributed by atoms with Gasteiger partial charge in [-0.15, -0.1) is 11.8 Å². The molecule has 1 aromatic carbocycles. The van der Waals surface area contributed by atoms with Crippen molar-refractivity contribution in [3.63, 3.8) is 0 Å². The molecule has 0 unspecified atom stereocenters. The summed E-state index contributed by atoms with van der Waals surface area (Å²) in [6, 6.07) is 7.87. The first-order chi connectivity index (χ1) is 9.50. The number of aromatic amines is 1. The van der Waals surface area contributed by atoms with Crippen molar-refractivity contribution in [2.24, 2.45) is 0 Å². The maximum atomic E-state index is 12.0. The zero-order valence-electron chi connectivity index (χ0n) is 11.4. The molecule has 1 heterocycles. The molecule has 2 aromatic rings. The second kappa shape index (κ2) is 6.32. The average molecular weight is 311 g/mol. The number of hydrogen-bond acceptors (Lipinski definition) is 4. The van der Waals surface area contributed by atoms with Crippen LogP contribution in [-0.4, -0.2) is 30.6 Å². The standard InChI is InChI=1S/C13H17N3O2S2/c1-10-3-5-11(6-4-10)7-8-20(17,18)16-13-12(19-2)9-14-15-13/h3-6,9H,7-8H2,1-2H3,(H2,14,15,16). The van der Waals surface area contributed by atoms with Crippen LogP contribution in [0.1, 0.15) is 11.1 Å². The SMILES string of the molecule is CSc1cn[nH]c1NS(=O)(=O)CCc1ccc(C)cc1. The lowest BCUT2D eigenvalue weighted by atomic mass is 10.1. The highest BCUT2D eigenvalue weighted by atomic mass is 32.2. The third-order valence-electron chi connectivity index (χ3n) is 2.86. The predicted molar refractivity (Wildman–Crippen MR) is 82.7 cm³/mol. The highest BCUT2D eigenvalue weighted by molar-refractivity contribution is 7.99. The van der Waals surface area contributed by atoms with Gasteiger partial charge < -0.3 is 0 Å². The van der Waals surface area contributed by atoms with Gasteiger partial charge in [0.05, 0.1) is 16.8 Å². The van der Waals surface area contributed by atoms with E-state index in [1.807, 2.05) is 37.4 Å². The highest BCUT2D eigenvalue weighted by Crippen LogP contribution is 2.22. The lowest BCUT2D eigenvalue weighted by molar-refractivity contribution is 0.600. The maximum absolute atomic E-state index is 12.0. The van der Waals surface area contributed by atoms with Crippen molar-refractivity contribution in [1.29, 1.82) is 0 Å². The van der Waals surface area contributed by atoms with Crippen molar-refractivity contribution in [2.75, 3.05) is 16.7 Å². The van der Waals surface area contributed by atoms with E-state index in [0.29, 0.717) is 12.2 Å². The van der Waals surface area contributed by atoms with Crippen LogP contribution in [0.3, 0.4) is 0 Å². The number of nitrogens with one attached hydrogen (secondary N) is 2. The van der Waals surface area contributed by atoms with Crippen LogP contribution >= 0.6 is 11.8 Å². The fraction of sp³-hybridized carbons (Fsp3) is 0.308. The third-order valence-corrected chi connectivity index (χ3v) is 4.87. The second-order valence-corrected chi connectivity index (χ2v) is 7.16. The Morgan fingerprint density at radius 2 is 2.00 bits per heavy atom. The molecule has 2 rings (SSSR count). The summed E-state index contributed by atoms with van der Waals surface area (Å²) in [5.41, 5.74) is 2.17. The van der Waals surface area contributed by atoms with Crippen LogP contribution in [0, 0.1) is 6.92 Å². The second-order valence-electron chi connectivity index (χ2n) is 4.47. The largest absolute Gasteiger partial charge is 0.267 e. The fourth-order valence-corrected chi connectivity index (χ4v) is 3.31. The van der Waals surface area contributed by atoms with Crippen molar-refractivity contribution < 1.29 is 8.42 Å². The molecule has 1 aromatic heterocycles. The molecule has 20 heavy (non-hydrogen) atoms. The minimum Gasteiger partial charge on any atom is -0.267 e. The number of nitrogens with zero attached hydrogens (tertiary/aromatic N) is 1. The first-order valence-corrected chi connectivity index (χ1v) is 9.01. The molecule has 0 spiro atoms. The van der Waals surface area contributed by atoms with E-state index in [1.54, 1.807) is 6.20 Å². The highest BCUT2D eigenvalue weighted by Gasteiger charge is 2.14. The Morgan fingerprint density at radius 1 is 1.30 bits per heavy atom. The van der Waals surface area contributed by atoms with E-state index in [2.05, 4.69) is 14.9 Å². The monoisotopic (exact) mass is 311 g/mol. The third kappa shape index (κ3) is 4.01. The summed E-state index contributed by atoms with van der Waals surface area (Å²) in [6.45, 7) is 2.00. The lowest BCUT2D eigenvalue weighted by Crippen LogP contribution is -2.18. The van der Waals surface area contributed by atoms with Gasteiger partial charge in [0, 0.05) is 0 Å². The van der Waals surface area contributed by atoms with Crippen LogP contribution in [0.5, 0.6) is 0 Å². The number of H-pyrrole nitrogens is 1. The topological polar surface area (TPSA) is 74.8 Å². The first kappa shape index (κ1) is 14.9. The van der Waals surface area contributed by atoms with Crippen molar-refractivity contribution in [3.05, 3.63) is 41.6 Å². The quantitative estimate of drug-likeness (QED) is 0.803. The Balaban J connectivity index is 1.99. The summed E-state index contributed by atoms with van der Waals surface area (Å²) in [4.78, 5) is 0.781. The number of aryl methyl sites for hydroxylation is 2. The molecule has 0 saturated carbocycles. The normalized spacial score (nSPS) is 11.5. The molecule has 5 nitrogen and oxygen atoms in total. The van der Waals surface area contributed by atoms with E-state index in [1.165, 1.54) is 11.8 Å². The van der Waals surface area contributed by atoms with Crippen LogP contribution < -0.4 is 4.72 Å². The summed E-state index contributed by atoms with van der Waals surface area (Å²) in [7, 11) is -3.38. The maximum Gasteiger partial charge on any atom is 0.234 e. The van der Waals surface area contributed by atoms with Gasteiger partial charge in [-0.1, -0.05) is 29.8 Å². The minimum atomic E-state index is -3.38. The van der Waals surface area contributed by atoms with Gasteiger partial charge in [0.2, 0.25) is 10.0 Å². The Labute approximate surface area is 123 Å². The van der Waals surface area contributed by atoms with Gasteiger partial charge >= 0.3 is 0 Å². The number of aromatic nitrogens is 2. The van der Waals surface area contributed by atoms with E-state index >= 15 is 0 Å². The fourth-order valence-electron chi connectivity index (χ4n) is 1.72. The van der Waals surface area contributed by atoms with Crippen LogP contribution in [0.4, 0.5) is 5.82 Å². The molecule has 0 aliphatic carbocycles. The van der Waals surface area contributed by atoms with E-state index in [-0.39, 0.29) is 5.75 Å². The Kier molecular flexibility index (Phi) is 4.72. The Morgan fingerprint density at radius 3 is 2.65 bits per heavy atom.